The van der Waals surface area contributed by atoms with Gasteiger partial charge in [0, 0.05) is 44.8 Å². The highest BCUT2D eigenvalue weighted by molar-refractivity contribution is 8.00. The fraction of sp³-hybridized carbons (Fsp3) is 0.379. The maximum atomic E-state index is 12.1. The molecule has 0 radical (unpaired) electrons. The molecule has 8 heteroatoms. The smallest absolute Gasteiger partial charge is 0.309 e. The first kappa shape index (κ1) is 25.7. The summed E-state index contributed by atoms with van der Waals surface area (Å²) in [5, 5.41) is 16.2. The number of ether oxygens (including phenoxy) is 1. The molecular weight excluding hydrogens is 508 g/mol. The van der Waals surface area contributed by atoms with Crippen LogP contribution in [0.2, 0.25) is 5.02 Å². The van der Waals surface area contributed by atoms with E-state index in [1.165, 1.54) is 10.9 Å². The monoisotopic (exact) mass is 538 g/mol. The van der Waals surface area contributed by atoms with Crippen LogP contribution >= 0.6 is 23.4 Å². The molecule has 2 aromatic carbocycles. The number of halogens is 1. The standard InChI is InChI=1S/C29H31ClN2O4S/c1-16-12-21-25(35-15-22-17(2)31-36-18(22)3)11-10-23-26(21)27(37-16)24(13-29(4,5)28(33)34)32(23)14-19-6-8-20(30)9-7-19/h6-11,16H,12-15H2,1-5H3,(H,33,34). The number of rotatable bonds is 8. The second-order valence-electron chi connectivity index (χ2n) is 10.5. The molecule has 3 heterocycles. The van der Waals surface area contributed by atoms with Crippen LogP contribution in [0.25, 0.3) is 10.9 Å². The third-order valence-corrected chi connectivity index (χ3v) is 8.66. The molecule has 1 aliphatic rings. The Morgan fingerprint density at radius 2 is 1.97 bits per heavy atom. The zero-order valence-electron chi connectivity index (χ0n) is 21.7. The lowest BCUT2D eigenvalue weighted by Crippen LogP contribution is -2.28. The molecule has 5 rings (SSSR count). The highest BCUT2D eigenvalue weighted by Gasteiger charge is 2.34. The van der Waals surface area contributed by atoms with Crippen molar-refractivity contribution in [2.75, 3.05) is 0 Å². The summed E-state index contributed by atoms with van der Waals surface area (Å²) in [6, 6.07) is 12.0. The fourth-order valence-corrected chi connectivity index (χ4v) is 6.43. The molecule has 194 valence electrons. The zero-order valence-corrected chi connectivity index (χ0v) is 23.3. The molecule has 0 saturated carbocycles. The summed E-state index contributed by atoms with van der Waals surface area (Å²) in [6.07, 6.45) is 1.30. The average Bonchev–Trinajstić information content (AvgIpc) is 3.31. The van der Waals surface area contributed by atoms with Crippen molar-refractivity contribution in [1.29, 1.82) is 0 Å². The van der Waals surface area contributed by atoms with Crippen molar-refractivity contribution in [3.05, 3.63) is 75.3 Å². The third-order valence-electron chi connectivity index (χ3n) is 7.16. The van der Waals surface area contributed by atoms with Crippen LogP contribution in [0.3, 0.4) is 0 Å². The summed E-state index contributed by atoms with van der Waals surface area (Å²) < 4.78 is 14.0. The van der Waals surface area contributed by atoms with Crippen LogP contribution in [0.5, 0.6) is 5.75 Å². The van der Waals surface area contributed by atoms with Crippen molar-refractivity contribution in [1.82, 2.24) is 9.72 Å². The number of aliphatic carboxylic acids is 1. The Kier molecular flexibility index (Phi) is 6.79. The molecule has 0 bridgehead atoms. The zero-order chi connectivity index (χ0) is 26.5. The van der Waals surface area contributed by atoms with Gasteiger partial charge in [-0.2, -0.15) is 0 Å². The minimum atomic E-state index is -0.910. The van der Waals surface area contributed by atoms with Gasteiger partial charge in [0.2, 0.25) is 0 Å². The van der Waals surface area contributed by atoms with Crippen molar-refractivity contribution < 1.29 is 19.2 Å². The van der Waals surface area contributed by atoms with Gasteiger partial charge < -0.3 is 18.9 Å². The number of hydrogen-bond acceptors (Lipinski definition) is 5. The van der Waals surface area contributed by atoms with Crippen LogP contribution in [0.4, 0.5) is 0 Å². The molecule has 1 aliphatic heterocycles. The molecule has 1 unspecified atom stereocenters. The normalized spacial score (nSPS) is 15.4. The number of aromatic nitrogens is 2. The molecule has 0 aliphatic carbocycles. The number of carbonyl (C=O) groups is 1. The predicted molar refractivity (Wildman–Crippen MR) is 147 cm³/mol. The van der Waals surface area contributed by atoms with Crippen LogP contribution in [0.15, 0.2) is 45.8 Å². The quantitative estimate of drug-likeness (QED) is 0.255. The molecular formula is C29H31ClN2O4S. The Hall–Kier alpha value is -2.90. The molecule has 1 N–H and O–H groups in total. The molecule has 4 aromatic rings. The van der Waals surface area contributed by atoms with Gasteiger partial charge in [0.1, 0.15) is 18.1 Å². The molecule has 2 aromatic heterocycles. The minimum absolute atomic E-state index is 0.331. The Morgan fingerprint density at radius 1 is 1.24 bits per heavy atom. The summed E-state index contributed by atoms with van der Waals surface area (Å²) in [4.78, 5) is 13.3. The van der Waals surface area contributed by atoms with Gasteiger partial charge in [-0.05, 0) is 63.9 Å². The number of aryl methyl sites for hydroxylation is 2. The number of nitrogens with zero attached hydrogens (tertiary/aromatic N) is 2. The molecule has 6 nitrogen and oxygen atoms in total. The largest absolute Gasteiger partial charge is 0.488 e. The number of carboxylic acid groups (broad SMARTS) is 1. The van der Waals surface area contributed by atoms with Crippen molar-refractivity contribution in [2.45, 2.75) is 70.8 Å². The summed E-state index contributed by atoms with van der Waals surface area (Å²) in [6.45, 7) is 10.6. The number of thioether (sulfide) groups is 1. The Labute approximate surface area is 225 Å². The first-order valence-corrected chi connectivity index (χ1v) is 13.7. The number of hydrogen-bond donors (Lipinski definition) is 1. The van der Waals surface area contributed by atoms with E-state index in [1.807, 2.05) is 55.9 Å². The van der Waals surface area contributed by atoms with Gasteiger partial charge in [-0.1, -0.05) is 35.8 Å². The van der Waals surface area contributed by atoms with E-state index in [-0.39, 0.29) is 0 Å². The van der Waals surface area contributed by atoms with E-state index in [0.29, 0.717) is 29.8 Å². The van der Waals surface area contributed by atoms with Crippen molar-refractivity contribution in [3.8, 4) is 5.75 Å². The lowest BCUT2D eigenvalue weighted by Gasteiger charge is -2.24. The van der Waals surface area contributed by atoms with E-state index in [1.54, 1.807) is 13.8 Å². The molecule has 0 fully saturated rings. The summed E-state index contributed by atoms with van der Waals surface area (Å²) in [5.41, 5.74) is 5.33. The fourth-order valence-electron chi connectivity index (χ4n) is 4.98. The number of carboxylic acids is 1. The van der Waals surface area contributed by atoms with Gasteiger partial charge >= 0.3 is 5.97 Å². The van der Waals surface area contributed by atoms with Crippen molar-refractivity contribution in [3.63, 3.8) is 0 Å². The van der Waals surface area contributed by atoms with Crippen LogP contribution in [0, 0.1) is 19.3 Å². The van der Waals surface area contributed by atoms with Gasteiger partial charge in [0.15, 0.2) is 0 Å². The lowest BCUT2D eigenvalue weighted by atomic mass is 9.87. The SMILES string of the molecule is Cc1noc(C)c1COc1ccc2c3c1CC(C)Sc3c(CC(C)(C)C(=O)O)n2Cc1ccc(Cl)cc1. The van der Waals surface area contributed by atoms with Crippen LogP contribution in [0.1, 0.15) is 54.6 Å². The summed E-state index contributed by atoms with van der Waals surface area (Å²) in [5.74, 6) is 0.818. The highest BCUT2D eigenvalue weighted by atomic mass is 35.5. The topological polar surface area (TPSA) is 77.5 Å². The third kappa shape index (κ3) is 4.87. The Morgan fingerprint density at radius 3 is 2.62 bits per heavy atom. The average molecular weight is 539 g/mol. The molecule has 1 atom stereocenters. The maximum absolute atomic E-state index is 12.1. The van der Waals surface area contributed by atoms with Gasteiger partial charge in [-0.25, -0.2) is 0 Å². The van der Waals surface area contributed by atoms with Crippen LogP contribution in [-0.4, -0.2) is 26.0 Å². The van der Waals surface area contributed by atoms with Crippen molar-refractivity contribution in [2.24, 2.45) is 5.41 Å². The Bertz CT molecular complexity index is 1470. The second kappa shape index (κ2) is 9.76. The van der Waals surface area contributed by atoms with Crippen LogP contribution in [-0.2, 0) is 30.8 Å². The van der Waals surface area contributed by atoms with Crippen molar-refractivity contribution >= 4 is 40.2 Å². The Balaban J connectivity index is 1.65. The van der Waals surface area contributed by atoms with Gasteiger partial charge in [-0.3, -0.25) is 4.79 Å². The summed E-state index contributed by atoms with van der Waals surface area (Å²) in [7, 11) is 0. The minimum Gasteiger partial charge on any atom is -0.488 e. The van der Waals surface area contributed by atoms with E-state index in [0.717, 1.165) is 50.9 Å². The maximum Gasteiger partial charge on any atom is 0.309 e. The van der Waals surface area contributed by atoms with Gasteiger partial charge in [0.05, 0.1) is 22.2 Å². The van der Waals surface area contributed by atoms with E-state index < -0.39 is 11.4 Å². The van der Waals surface area contributed by atoms with E-state index in [2.05, 4.69) is 22.7 Å². The molecule has 37 heavy (non-hydrogen) atoms. The van der Waals surface area contributed by atoms with Gasteiger partial charge in [-0.15, -0.1) is 11.8 Å². The molecule has 0 amide bonds. The van der Waals surface area contributed by atoms with E-state index >= 15 is 0 Å². The highest BCUT2D eigenvalue weighted by Crippen LogP contribution is 2.48. The molecule has 0 saturated heterocycles. The first-order valence-electron chi connectivity index (χ1n) is 12.4. The number of benzene rings is 2. The summed E-state index contributed by atoms with van der Waals surface area (Å²) >= 11 is 7.97. The van der Waals surface area contributed by atoms with E-state index in [4.69, 9.17) is 20.9 Å². The first-order chi connectivity index (χ1) is 17.5. The van der Waals surface area contributed by atoms with Gasteiger partial charge in [0.25, 0.3) is 0 Å². The lowest BCUT2D eigenvalue weighted by molar-refractivity contribution is -0.146. The molecule has 0 spiro atoms. The van der Waals surface area contributed by atoms with E-state index in [9.17, 15) is 9.90 Å². The predicted octanol–water partition coefficient (Wildman–Crippen LogP) is 7.22. The van der Waals surface area contributed by atoms with Crippen LogP contribution < -0.4 is 4.74 Å². The second-order valence-corrected chi connectivity index (χ2v) is 12.4.